The molecule has 1 unspecified atom stereocenters. The number of carbonyl (C=O) groups is 2. The number of benzene rings is 1. The lowest BCUT2D eigenvalue weighted by molar-refractivity contribution is -0.137. The van der Waals surface area contributed by atoms with Crippen LogP contribution in [0.2, 0.25) is 0 Å². The summed E-state index contributed by atoms with van der Waals surface area (Å²) in [7, 11) is 0. The Labute approximate surface area is 118 Å². The van der Waals surface area contributed by atoms with Gasteiger partial charge in [-0.25, -0.2) is 0 Å². The van der Waals surface area contributed by atoms with E-state index >= 15 is 0 Å². The molecule has 3 N–H and O–H groups in total. The largest absolute Gasteiger partial charge is 0.508 e. The van der Waals surface area contributed by atoms with Crippen molar-refractivity contribution in [1.29, 1.82) is 0 Å². The van der Waals surface area contributed by atoms with Gasteiger partial charge in [0.05, 0.1) is 6.42 Å². The van der Waals surface area contributed by atoms with Crippen LogP contribution in [-0.4, -0.2) is 28.1 Å². The van der Waals surface area contributed by atoms with E-state index in [1.54, 1.807) is 24.3 Å². The first-order valence-electron chi connectivity index (χ1n) is 6.81. The molecular weight excluding hydrogens is 258 g/mol. The molecule has 0 saturated carbocycles. The molecule has 0 radical (unpaired) electrons. The van der Waals surface area contributed by atoms with Crippen molar-refractivity contribution in [3.05, 3.63) is 29.8 Å². The molecule has 0 aliphatic rings. The molecule has 1 aromatic rings. The first-order chi connectivity index (χ1) is 9.52. The Hall–Kier alpha value is -2.04. The molecule has 0 aliphatic carbocycles. The molecule has 1 amide bonds. The molecule has 0 saturated heterocycles. The van der Waals surface area contributed by atoms with E-state index in [0.717, 1.165) is 6.42 Å². The average Bonchev–Trinajstić information content (AvgIpc) is 2.37. The lowest BCUT2D eigenvalue weighted by Gasteiger charge is -2.16. The van der Waals surface area contributed by atoms with E-state index in [2.05, 4.69) is 5.32 Å². The minimum absolute atomic E-state index is 0.0594. The molecule has 0 aromatic heterocycles. The van der Waals surface area contributed by atoms with E-state index in [4.69, 9.17) is 5.11 Å². The van der Waals surface area contributed by atoms with Crippen LogP contribution in [-0.2, 0) is 16.0 Å². The van der Waals surface area contributed by atoms with Crippen LogP contribution >= 0.6 is 0 Å². The zero-order chi connectivity index (χ0) is 15.0. The van der Waals surface area contributed by atoms with Gasteiger partial charge in [-0.2, -0.15) is 0 Å². The lowest BCUT2D eigenvalue weighted by Crippen LogP contribution is -2.36. The minimum atomic E-state index is -0.913. The van der Waals surface area contributed by atoms with Gasteiger partial charge in [-0.1, -0.05) is 31.5 Å². The fraction of sp³-hybridized carbons (Fsp3) is 0.467. The fourth-order valence-corrected chi connectivity index (χ4v) is 2.05. The number of carbonyl (C=O) groups excluding carboxylic acids is 1. The fourth-order valence-electron chi connectivity index (χ4n) is 2.05. The summed E-state index contributed by atoms with van der Waals surface area (Å²) in [4.78, 5) is 22.5. The van der Waals surface area contributed by atoms with Crippen LogP contribution in [0.5, 0.6) is 5.75 Å². The maximum atomic E-state index is 11.8. The first kappa shape index (κ1) is 16.0. The first-order valence-corrected chi connectivity index (χ1v) is 6.81. The second kappa shape index (κ2) is 8.19. The number of phenolic OH excluding ortho intramolecular Hbond substituents is 1. The van der Waals surface area contributed by atoms with Gasteiger partial charge in [0.1, 0.15) is 5.75 Å². The minimum Gasteiger partial charge on any atom is -0.508 e. The average molecular weight is 279 g/mol. The van der Waals surface area contributed by atoms with E-state index < -0.39 is 5.97 Å². The van der Waals surface area contributed by atoms with Crippen molar-refractivity contribution in [3.8, 4) is 5.75 Å². The van der Waals surface area contributed by atoms with E-state index in [1.165, 1.54) is 0 Å². The molecular formula is C15H21NO4. The summed E-state index contributed by atoms with van der Waals surface area (Å²) in [6.45, 7) is 1.95. The summed E-state index contributed by atoms with van der Waals surface area (Å²) in [5.41, 5.74) is 0.716. The van der Waals surface area contributed by atoms with Gasteiger partial charge in [0, 0.05) is 12.5 Å². The smallest absolute Gasteiger partial charge is 0.305 e. The Morgan fingerprint density at radius 2 is 2.00 bits per heavy atom. The summed E-state index contributed by atoms with van der Waals surface area (Å²) in [6, 6.07) is 6.55. The SMILES string of the molecule is CCCC(CC(=O)O)NC(=O)CCc1ccccc1O. The third-order valence-electron chi connectivity index (χ3n) is 3.04. The number of phenols is 1. The number of hydrogen-bond acceptors (Lipinski definition) is 3. The quantitative estimate of drug-likeness (QED) is 0.680. The van der Waals surface area contributed by atoms with Crippen LogP contribution in [0.3, 0.4) is 0 Å². The number of carboxylic acids is 1. The molecule has 1 rings (SSSR count). The third-order valence-corrected chi connectivity index (χ3v) is 3.04. The van der Waals surface area contributed by atoms with Crippen LogP contribution in [0, 0.1) is 0 Å². The molecule has 0 heterocycles. The van der Waals surface area contributed by atoms with Crippen LogP contribution in [0.4, 0.5) is 0 Å². The van der Waals surface area contributed by atoms with Gasteiger partial charge in [-0.15, -0.1) is 0 Å². The van der Waals surface area contributed by atoms with Crippen molar-refractivity contribution in [3.63, 3.8) is 0 Å². The highest BCUT2D eigenvalue weighted by Crippen LogP contribution is 2.17. The van der Waals surface area contributed by atoms with Gasteiger partial charge in [0.2, 0.25) is 5.91 Å². The number of aliphatic carboxylic acids is 1. The molecule has 5 nitrogen and oxygen atoms in total. The molecule has 110 valence electrons. The van der Waals surface area contributed by atoms with E-state index in [1.807, 2.05) is 6.92 Å². The molecule has 1 atom stereocenters. The summed E-state index contributed by atoms with van der Waals surface area (Å²) in [6.07, 6.45) is 2.07. The Balaban J connectivity index is 2.45. The van der Waals surface area contributed by atoms with Crippen LogP contribution in [0.15, 0.2) is 24.3 Å². The van der Waals surface area contributed by atoms with E-state index in [0.29, 0.717) is 18.4 Å². The number of rotatable bonds is 8. The summed E-state index contributed by atoms with van der Waals surface area (Å²) >= 11 is 0. The zero-order valence-electron chi connectivity index (χ0n) is 11.6. The number of aromatic hydroxyl groups is 1. The predicted molar refractivity (Wildman–Crippen MR) is 75.5 cm³/mol. The number of carboxylic acid groups (broad SMARTS) is 1. The lowest BCUT2D eigenvalue weighted by atomic mass is 10.1. The monoisotopic (exact) mass is 279 g/mol. The van der Waals surface area contributed by atoms with Crippen molar-refractivity contribution < 1.29 is 19.8 Å². The Morgan fingerprint density at radius 1 is 1.30 bits per heavy atom. The third kappa shape index (κ3) is 5.73. The maximum absolute atomic E-state index is 11.8. The Kier molecular flexibility index (Phi) is 6.56. The second-order valence-electron chi connectivity index (χ2n) is 4.78. The van der Waals surface area contributed by atoms with Gasteiger partial charge >= 0.3 is 5.97 Å². The molecule has 0 aliphatic heterocycles. The highest BCUT2D eigenvalue weighted by Gasteiger charge is 2.15. The van der Waals surface area contributed by atoms with Crippen LogP contribution in [0.25, 0.3) is 0 Å². The van der Waals surface area contributed by atoms with Crippen molar-refractivity contribution in [2.75, 3.05) is 0 Å². The number of aryl methyl sites for hydroxylation is 1. The number of amides is 1. The maximum Gasteiger partial charge on any atom is 0.305 e. The van der Waals surface area contributed by atoms with Gasteiger partial charge in [0.25, 0.3) is 0 Å². The Bertz CT molecular complexity index is 459. The number of hydrogen-bond donors (Lipinski definition) is 3. The number of para-hydroxylation sites is 1. The summed E-state index contributed by atoms with van der Waals surface area (Å²) in [5.74, 6) is -0.923. The summed E-state index contributed by atoms with van der Waals surface area (Å²) < 4.78 is 0. The van der Waals surface area contributed by atoms with E-state index in [-0.39, 0.29) is 30.5 Å². The van der Waals surface area contributed by atoms with Gasteiger partial charge < -0.3 is 15.5 Å². The molecule has 0 spiro atoms. The van der Waals surface area contributed by atoms with Gasteiger partial charge in [-0.05, 0) is 24.5 Å². The van der Waals surface area contributed by atoms with Gasteiger partial charge in [-0.3, -0.25) is 9.59 Å². The Morgan fingerprint density at radius 3 is 2.60 bits per heavy atom. The standard InChI is InChI=1S/C15H21NO4/c1-2-5-12(10-15(19)20)16-14(18)9-8-11-6-3-4-7-13(11)17/h3-4,6-7,12,17H,2,5,8-10H2,1H3,(H,16,18)(H,19,20). The molecule has 5 heteroatoms. The summed E-state index contributed by atoms with van der Waals surface area (Å²) in [5, 5.41) is 21.1. The van der Waals surface area contributed by atoms with E-state index in [9.17, 15) is 14.7 Å². The van der Waals surface area contributed by atoms with Crippen molar-refractivity contribution in [2.24, 2.45) is 0 Å². The van der Waals surface area contributed by atoms with Crippen molar-refractivity contribution in [2.45, 2.75) is 45.1 Å². The molecule has 0 fully saturated rings. The van der Waals surface area contributed by atoms with Crippen molar-refractivity contribution in [1.82, 2.24) is 5.32 Å². The second-order valence-corrected chi connectivity index (χ2v) is 4.78. The highest BCUT2D eigenvalue weighted by molar-refractivity contribution is 5.77. The van der Waals surface area contributed by atoms with Crippen molar-refractivity contribution >= 4 is 11.9 Å². The van der Waals surface area contributed by atoms with Crippen LogP contribution < -0.4 is 5.32 Å². The highest BCUT2D eigenvalue weighted by atomic mass is 16.4. The molecule has 20 heavy (non-hydrogen) atoms. The molecule has 0 bridgehead atoms. The molecule has 1 aromatic carbocycles. The predicted octanol–water partition coefficient (Wildman–Crippen LogP) is 2.08. The van der Waals surface area contributed by atoms with Gasteiger partial charge in [0.15, 0.2) is 0 Å². The van der Waals surface area contributed by atoms with Crippen LogP contribution in [0.1, 0.15) is 38.2 Å². The number of nitrogens with one attached hydrogen (secondary N) is 1. The topological polar surface area (TPSA) is 86.6 Å². The normalized spacial score (nSPS) is 11.8. The zero-order valence-corrected chi connectivity index (χ0v) is 11.6.